The highest BCUT2D eigenvalue weighted by Crippen LogP contribution is 2.27. The van der Waals surface area contributed by atoms with Crippen LogP contribution in [0.5, 0.6) is 0 Å². The van der Waals surface area contributed by atoms with Crippen molar-refractivity contribution in [3.8, 4) is 0 Å². The molecule has 1 aliphatic heterocycles. The Morgan fingerprint density at radius 2 is 2.06 bits per heavy atom. The summed E-state index contributed by atoms with van der Waals surface area (Å²) >= 11 is 1.14. The average molecular weight is 284 g/mol. The van der Waals surface area contributed by atoms with E-state index in [0.717, 1.165) is 11.8 Å². The Hall–Kier alpha value is -0.920. The number of amides is 2. The second-order valence-corrected chi connectivity index (χ2v) is 5.43. The first-order valence-corrected chi connectivity index (χ1v) is 6.62. The molecule has 1 aliphatic rings. The molecule has 1 atom stereocenters. The molecule has 0 aromatic carbocycles. The van der Waals surface area contributed by atoms with Crippen LogP contribution in [0.25, 0.3) is 0 Å². The lowest BCUT2D eigenvalue weighted by atomic mass is 10.2. The summed E-state index contributed by atoms with van der Waals surface area (Å²) in [6.07, 6.45) is -4.93. The molecule has 1 heterocycles. The van der Waals surface area contributed by atoms with Gasteiger partial charge in [0, 0.05) is 12.3 Å². The lowest BCUT2D eigenvalue weighted by molar-refractivity contribution is -0.186. The van der Waals surface area contributed by atoms with E-state index in [1.165, 1.54) is 0 Å². The molecule has 2 amide bonds. The number of hydrogen-bond donors (Lipinski definition) is 1. The number of carbonyl (C=O) groups is 2. The van der Waals surface area contributed by atoms with Crippen molar-refractivity contribution in [3.05, 3.63) is 0 Å². The molecule has 1 N–H and O–H groups in total. The van der Waals surface area contributed by atoms with Crippen LogP contribution >= 0.6 is 11.8 Å². The molecule has 18 heavy (non-hydrogen) atoms. The first-order chi connectivity index (χ1) is 8.23. The number of rotatable bonds is 3. The fourth-order valence-corrected chi connectivity index (χ4v) is 2.60. The molecule has 0 aromatic rings. The third-order valence-electron chi connectivity index (χ3n) is 2.37. The highest BCUT2D eigenvalue weighted by molar-refractivity contribution is 7.99. The molecular weight excluding hydrogens is 269 g/mol. The molecule has 4 nitrogen and oxygen atoms in total. The summed E-state index contributed by atoms with van der Waals surface area (Å²) in [5.41, 5.74) is 0. The lowest BCUT2D eigenvalue weighted by Crippen LogP contribution is -2.51. The van der Waals surface area contributed by atoms with Crippen molar-refractivity contribution in [1.29, 1.82) is 0 Å². The average Bonchev–Trinajstić information content (AvgIpc) is 2.71. The molecule has 0 aliphatic carbocycles. The van der Waals surface area contributed by atoms with Crippen LogP contribution in [0.2, 0.25) is 0 Å². The van der Waals surface area contributed by atoms with Crippen LogP contribution in [0.4, 0.5) is 13.2 Å². The van der Waals surface area contributed by atoms with Gasteiger partial charge in [-0.25, -0.2) is 0 Å². The summed E-state index contributed by atoms with van der Waals surface area (Å²) in [5.74, 6) is -2.16. The Balaban J connectivity index is 2.65. The summed E-state index contributed by atoms with van der Waals surface area (Å²) < 4.78 is 37.0. The van der Waals surface area contributed by atoms with Gasteiger partial charge in [-0.15, -0.1) is 11.8 Å². The van der Waals surface area contributed by atoms with E-state index in [4.69, 9.17) is 0 Å². The minimum Gasteiger partial charge on any atom is -0.354 e. The normalized spacial score (nSPS) is 20.3. The van der Waals surface area contributed by atoms with Crippen molar-refractivity contribution in [3.63, 3.8) is 0 Å². The van der Waals surface area contributed by atoms with Crippen molar-refractivity contribution in [2.24, 2.45) is 5.92 Å². The standard InChI is InChI=1S/C10H15F3N2O2S/c1-6(2)3-14-8(16)7-4-18-5-15(7)9(17)10(11,12)13/h6-7H,3-5H2,1-2H3,(H,14,16). The second kappa shape index (κ2) is 5.81. The monoisotopic (exact) mass is 284 g/mol. The predicted octanol–water partition coefficient (Wildman–Crippen LogP) is 1.22. The summed E-state index contributed by atoms with van der Waals surface area (Å²) in [7, 11) is 0. The number of alkyl halides is 3. The van der Waals surface area contributed by atoms with E-state index in [1.807, 2.05) is 13.8 Å². The SMILES string of the molecule is CC(C)CNC(=O)C1CSCN1C(=O)C(F)(F)F. The molecule has 1 rings (SSSR count). The van der Waals surface area contributed by atoms with Gasteiger partial charge in [-0.05, 0) is 5.92 Å². The van der Waals surface area contributed by atoms with Crippen LogP contribution in [0, 0.1) is 5.92 Å². The maximum atomic E-state index is 12.3. The van der Waals surface area contributed by atoms with E-state index >= 15 is 0 Å². The van der Waals surface area contributed by atoms with Gasteiger partial charge >= 0.3 is 12.1 Å². The van der Waals surface area contributed by atoms with Gasteiger partial charge in [0.25, 0.3) is 0 Å². The summed E-state index contributed by atoms with van der Waals surface area (Å²) in [6, 6.07) is -1.03. The van der Waals surface area contributed by atoms with Crippen molar-refractivity contribution in [2.75, 3.05) is 18.2 Å². The van der Waals surface area contributed by atoms with Crippen LogP contribution in [0.1, 0.15) is 13.8 Å². The lowest BCUT2D eigenvalue weighted by Gasteiger charge is -2.24. The van der Waals surface area contributed by atoms with Gasteiger partial charge in [0.1, 0.15) is 6.04 Å². The zero-order valence-electron chi connectivity index (χ0n) is 10.1. The van der Waals surface area contributed by atoms with Gasteiger partial charge in [0.2, 0.25) is 5.91 Å². The predicted molar refractivity (Wildman–Crippen MR) is 61.9 cm³/mol. The first kappa shape index (κ1) is 15.1. The van der Waals surface area contributed by atoms with Crippen molar-refractivity contribution < 1.29 is 22.8 Å². The highest BCUT2D eigenvalue weighted by atomic mass is 32.2. The molecule has 0 aromatic heterocycles. The minimum atomic E-state index is -4.93. The van der Waals surface area contributed by atoms with Crippen molar-refractivity contribution >= 4 is 23.6 Å². The fourth-order valence-electron chi connectivity index (χ4n) is 1.45. The van der Waals surface area contributed by atoms with Crippen molar-refractivity contribution in [1.82, 2.24) is 10.2 Å². The summed E-state index contributed by atoms with van der Waals surface area (Å²) in [4.78, 5) is 23.4. The Bertz CT molecular complexity index is 334. The molecule has 0 radical (unpaired) electrons. The Kier molecular flexibility index (Phi) is 4.89. The maximum Gasteiger partial charge on any atom is 0.471 e. The van der Waals surface area contributed by atoms with Crippen LogP contribution in [0.15, 0.2) is 0 Å². The van der Waals surface area contributed by atoms with Gasteiger partial charge < -0.3 is 10.2 Å². The topological polar surface area (TPSA) is 49.4 Å². The Labute approximate surface area is 107 Å². The maximum absolute atomic E-state index is 12.3. The zero-order chi connectivity index (χ0) is 13.9. The Morgan fingerprint density at radius 1 is 1.44 bits per heavy atom. The van der Waals surface area contributed by atoms with E-state index in [2.05, 4.69) is 5.32 Å². The van der Waals surface area contributed by atoms with Crippen molar-refractivity contribution in [2.45, 2.75) is 26.1 Å². The van der Waals surface area contributed by atoms with Gasteiger partial charge in [-0.2, -0.15) is 13.2 Å². The van der Waals surface area contributed by atoms with Crippen LogP contribution in [-0.2, 0) is 9.59 Å². The third-order valence-corrected chi connectivity index (χ3v) is 3.39. The van der Waals surface area contributed by atoms with Gasteiger partial charge in [0.15, 0.2) is 0 Å². The quantitative estimate of drug-likeness (QED) is 0.848. The second-order valence-electron chi connectivity index (χ2n) is 4.43. The molecule has 8 heteroatoms. The number of nitrogens with one attached hydrogen (secondary N) is 1. The molecule has 0 bridgehead atoms. The van der Waals surface area contributed by atoms with E-state index < -0.39 is 24.0 Å². The molecule has 1 saturated heterocycles. The third kappa shape index (κ3) is 3.79. The van der Waals surface area contributed by atoms with Gasteiger partial charge in [0.05, 0.1) is 5.88 Å². The van der Waals surface area contributed by atoms with E-state index in [9.17, 15) is 22.8 Å². The molecule has 0 spiro atoms. The minimum absolute atomic E-state index is 0.0991. The van der Waals surface area contributed by atoms with E-state index in [1.54, 1.807) is 0 Å². The van der Waals surface area contributed by atoms with E-state index in [0.29, 0.717) is 11.4 Å². The van der Waals surface area contributed by atoms with Crippen LogP contribution in [-0.4, -0.2) is 47.1 Å². The Morgan fingerprint density at radius 3 is 2.56 bits per heavy atom. The number of carbonyl (C=O) groups excluding carboxylic acids is 2. The summed E-state index contributed by atoms with van der Waals surface area (Å²) in [6.45, 7) is 4.14. The fraction of sp³-hybridized carbons (Fsp3) is 0.800. The molecule has 104 valence electrons. The summed E-state index contributed by atoms with van der Waals surface area (Å²) in [5, 5.41) is 2.55. The highest BCUT2D eigenvalue weighted by Gasteiger charge is 2.47. The molecule has 1 unspecified atom stereocenters. The van der Waals surface area contributed by atoms with Crippen LogP contribution in [0.3, 0.4) is 0 Å². The largest absolute Gasteiger partial charge is 0.471 e. The first-order valence-electron chi connectivity index (χ1n) is 5.46. The number of hydrogen-bond acceptors (Lipinski definition) is 3. The van der Waals surface area contributed by atoms with Gasteiger partial charge in [-0.3, -0.25) is 9.59 Å². The molecule has 1 fully saturated rings. The number of halogens is 3. The molecular formula is C10H15F3N2O2S. The van der Waals surface area contributed by atoms with Crippen LogP contribution < -0.4 is 5.32 Å². The molecule has 0 saturated carbocycles. The number of thioether (sulfide) groups is 1. The van der Waals surface area contributed by atoms with Gasteiger partial charge in [-0.1, -0.05) is 13.8 Å². The zero-order valence-corrected chi connectivity index (χ0v) is 10.9. The van der Waals surface area contributed by atoms with E-state index in [-0.39, 0.29) is 17.5 Å². The smallest absolute Gasteiger partial charge is 0.354 e. The number of nitrogens with zero attached hydrogens (tertiary/aromatic N) is 1.